The molecule has 0 aromatic rings. The van der Waals surface area contributed by atoms with Gasteiger partial charge >= 0.3 is 5.97 Å². The molecule has 0 spiro atoms. The standard InChI is InChI=1S/C19H35N7O6/c1-10(2)14(20)17(30)26-8-4-6-13(26)16(29)25-12(9-27)15(28)24-11(18(31)32)5-3-7-23-19(21)22/h10-14,27H,3-9,20H2,1-2H3,(H,24,28)(H,25,29)(H,31,32)(H4,21,22,23). The Bertz CT molecular complexity index is 710. The molecule has 3 amide bonds. The molecule has 4 unspecified atom stereocenters. The Morgan fingerprint density at radius 2 is 1.81 bits per heavy atom. The fourth-order valence-corrected chi connectivity index (χ4v) is 3.27. The van der Waals surface area contributed by atoms with Gasteiger partial charge in [0, 0.05) is 13.1 Å². The molecule has 10 N–H and O–H groups in total. The highest BCUT2D eigenvalue weighted by molar-refractivity contribution is 5.94. The molecule has 1 rings (SSSR count). The van der Waals surface area contributed by atoms with E-state index in [1.54, 1.807) is 13.8 Å². The lowest BCUT2D eigenvalue weighted by molar-refractivity contribution is -0.143. The van der Waals surface area contributed by atoms with Gasteiger partial charge in [-0.25, -0.2) is 4.79 Å². The smallest absolute Gasteiger partial charge is 0.326 e. The summed E-state index contributed by atoms with van der Waals surface area (Å²) in [5.41, 5.74) is 16.3. The van der Waals surface area contributed by atoms with Crippen LogP contribution >= 0.6 is 0 Å². The van der Waals surface area contributed by atoms with E-state index in [4.69, 9.17) is 17.2 Å². The summed E-state index contributed by atoms with van der Waals surface area (Å²) in [6, 6.07) is -4.20. The maximum absolute atomic E-state index is 12.7. The molecule has 1 aliphatic rings. The molecule has 0 saturated carbocycles. The highest BCUT2D eigenvalue weighted by Gasteiger charge is 2.38. The van der Waals surface area contributed by atoms with Gasteiger partial charge in [-0.05, 0) is 31.6 Å². The first kappa shape index (κ1) is 27.1. The van der Waals surface area contributed by atoms with Gasteiger partial charge in [-0.3, -0.25) is 19.4 Å². The maximum atomic E-state index is 12.7. The van der Waals surface area contributed by atoms with Gasteiger partial charge < -0.3 is 42.9 Å². The van der Waals surface area contributed by atoms with Gasteiger partial charge in [0.2, 0.25) is 17.7 Å². The number of carboxylic acid groups (broad SMARTS) is 1. The van der Waals surface area contributed by atoms with Crippen LogP contribution in [0.5, 0.6) is 0 Å². The molecule has 4 atom stereocenters. The van der Waals surface area contributed by atoms with Crippen molar-refractivity contribution in [2.45, 2.75) is 63.7 Å². The summed E-state index contributed by atoms with van der Waals surface area (Å²) in [4.78, 5) is 54.3. The summed E-state index contributed by atoms with van der Waals surface area (Å²) in [6.45, 7) is 3.41. The molecule has 13 nitrogen and oxygen atoms in total. The molecule has 1 saturated heterocycles. The van der Waals surface area contributed by atoms with E-state index >= 15 is 0 Å². The zero-order valence-electron chi connectivity index (χ0n) is 18.5. The molecule has 0 bridgehead atoms. The summed E-state index contributed by atoms with van der Waals surface area (Å²) in [5, 5.41) is 23.6. The van der Waals surface area contributed by atoms with Gasteiger partial charge in [0.25, 0.3) is 0 Å². The van der Waals surface area contributed by atoms with E-state index in [1.165, 1.54) is 4.90 Å². The topological polar surface area (TPSA) is 226 Å². The minimum absolute atomic E-state index is 0.0436. The number of likely N-dealkylation sites (tertiary alicyclic amines) is 1. The molecule has 0 aromatic heterocycles. The number of carbonyl (C=O) groups is 4. The van der Waals surface area contributed by atoms with Gasteiger partial charge in [0.1, 0.15) is 18.1 Å². The molecule has 1 heterocycles. The number of aliphatic hydroxyl groups excluding tert-OH is 1. The molecule has 182 valence electrons. The minimum Gasteiger partial charge on any atom is -0.480 e. The van der Waals surface area contributed by atoms with Gasteiger partial charge in [-0.15, -0.1) is 0 Å². The molecule has 1 fully saturated rings. The van der Waals surface area contributed by atoms with Crippen molar-refractivity contribution in [3.05, 3.63) is 0 Å². The summed E-state index contributed by atoms with van der Waals surface area (Å²) >= 11 is 0. The van der Waals surface area contributed by atoms with Crippen LogP contribution in [0, 0.1) is 5.92 Å². The van der Waals surface area contributed by atoms with E-state index in [0.717, 1.165) is 0 Å². The molecule has 0 aliphatic carbocycles. The fraction of sp³-hybridized carbons (Fsp3) is 0.737. The highest BCUT2D eigenvalue weighted by Crippen LogP contribution is 2.20. The van der Waals surface area contributed by atoms with Crippen LogP contribution in [0.25, 0.3) is 0 Å². The van der Waals surface area contributed by atoms with Crippen LogP contribution in [0.3, 0.4) is 0 Å². The van der Waals surface area contributed by atoms with Crippen molar-refractivity contribution < 1.29 is 29.4 Å². The van der Waals surface area contributed by atoms with E-state index in [1.807, 2.05) is 0 Å². The maximum Gasteiger partial charge on any atom is 0.326 e. The zero-order valence-corrected chi connectivity index (χ0v) is 18.5. The SMILES string of the molecule is CC(C)C(N)C(=O)N1CCCC1C(=O)NC(CO)C(=O)NC(CCCN=C(N)N)C(=O)O. The lowest BCUT2D eigenvalue weighted by Crippen LogP contribution is -2.58. The van der Waals surface area contributed by atoms with E-state index < -0.39 is 48.6 Å². The van der Waals surface area contributed by atoms with E-state index in [0.29, 0.717) is 25.8 Å². The monoisotopic (exact) mass is 457 g/mol. The lowest BCUT2D eigenvalue weighted by Gasteiger charge is -2.29. The summed E-state index contributed by atoms with van der Waals surface area (Å²) in [7, 11) is 0. The van der Waals surface area contributed by atoms with Crippen LogP contribution in [-0.2, 0) is 19.2 Å². The second-order valence-corrected chi connectivity index (χ2v) is 8.05. The Labute approximate surface area is 186 Å². The number of nitrogens with two attached hydrogens (primary N) is 3. The predicted octanol–water partition coefficient (Wildman–Crippen LogP) is -2.94. The number of amides is 3. The van der Waals surface area contributed by atoms with E-state index in [-0.39, 0.29) is 30.8 Å². The second kappa shape index (κ2) is 12.8. The summed E-state index contributed by atoms with van der Waals surface area (Å²) < 4.78 is 0. The first-order chi connectivity index (χ1) is 15.0. The highest BCUT2D eigenvalue weighted by atomic mass is 16.4. The number of aliphatic hydroxyl groups is 1. The van der Waals surface area contributed by atoms with Crippen LogP contribution < -0.4 is 27.8 Å². The number of hydrogen-bond acceptors (Lipinski definition) is 7. The van der Waals surface area contributed by atoms with Crippen molar-refractivity contribution in [2.24, 2.45) is 28.1 Å². The first-order valence-corrected chi connectivity index (χ1v) is 10.5. The third-order valence-corrected chi connectivity index (χ3v) is 5.22. The average Bonchev–Trinajstić information content (AvgIpc) is 3.22. The van der Waals surface area contributed by atoms with Gasteiger partial charge in [0.15, 0.2) is 5.96 Å². The van der Waals surface area contributed by atoms with Crippen molar-refractivity contribution in [1.29, 1.82) is 0 Å². The van der Waals surface area contributed by atoms with Gasteiger partial charge in [0.05, 0.1) is 12.6 Å². The number of nitrogens with zero attached hydrogens (tertiary/aromatic N) is 2. The molecule has 1 aliphatic heterocycles. The number of guanidine groups is 1. The molecule has 32 heavy (non-hydrogen) atoms. The van der Waals surface area contributed by atoms with Crippen LogP contribution in [0.1, 0.15) is 39.5 Å². The number of carbonyl (C=O) groups excluding carboxylic acids is 3. The van der Waals surface area contributed by atoms with Crippen LogP contribution in [0.15, 0.2) is 4.99 Å². The lowest BCUT2D eigenvalue weighted by atomic mass is 10.0. The number of nitrogens with one attached hydrogen (secondary N) is 2. The normalized spacial score (nSPS) is 18.5. The zero-order chi connectivity index (χ0) is 24.4. The van der Waals surface area contributed by atoms with Crippen molar-refractivity contribution in [3.63, 3.8) is 0 Å². The first-order valence-electron chi connectivity index (χ1n) is 10.5. The van der Waals surface area contributed by atoms with Gasteiger partial charge in [-0.1, -0.05) is 13.8 Å². The van der Waals surface area contributed by atoms with Crippen molar-refractivity contribution in [3.8, 4) is 0 Å². The second-order valence-electron chi connectivity index (χ2n) is 8.05. The van der Waals surface area contributed by atoms with Crippen LogP contribution in [0.4, 0.5) is 0 Å². The van der Waals surface area contributed by atoms with Crippen molar-refractivity contribution in [1.82, 2.24) is 15.5 Å². The Kier molecular flexibility index (Phi) is 10.9. The van der Waals surface area contributed by atoms with E-state index in [2.05, 4.69) is 15.6 Å². The molecule has 0 radical (unpaired) electrons. The van der Waals surface area contributed by atoms with Crippen molar-refractivity contribution in [2.75, 3.05) is 19.7 Å². The molecule has 13 heteroatoms. The summed E-state index contributed by atoms with van der Waals surface area (Å²) in [5.74, 6) is -3.33. The molecular formula is C19H35N7O6. The Morgan fingerprint density at radius 1 is 1.16 bits per heavy atom. The van der Waals surface area contributed by atoms with Gasteiger partial charge in [-0.2, -0.15) is 0 Å². The van der Waals surface area contributed by atoms with Crippen molar-refractivity contribution >= 4 is 29.7 Å². The van der Waals surface area contributed by atoms with Crippen LogP contribution in [0.2, 0.25) is 0 Å². The number of aliphatic carboxylic acids is 1. The molecular weight excluding hydrogens is 422 g/mol. The number of rotatable bonds is 12. The third kappa shape index (κ3) is 7.96. The number of carboxylic acids is 1. The van der Waals surface area contributed by atoms with Crippen LogP contribution in [-0.4, -0.2) is 88.6 Å². The molecule has 0 aromatic carbocycles. The van der Waals surface area contributed by atoms with E-state index in [9.17, 15) is 29.4 Å². The number of aliphatic imine (C=N–C) groups is 1. The Morgan fingerprint density at radius 3 is 2.34 bits per heavy atom. The largest absolute Gasteiger partial charge is 0.480 e. The minimum atomic E-state index is -1.38. The summed E-state index contributed by atoms with van der Waals surface area (Å²) in [6.07, 6.45) is 1.33. The number of hydrogen-bond donors (Lipinski definition) is 7. The Hall–Kier alpha value is -2.93. The predicted molar refractivity (Wildman–Crippen MR) is 116 cm³/mol. The quantitative estimate of drug-likeness (QED) is 0.0902. The average molecular weight is 458 g/mol. The Balaban J connectivity index is 2.74. The third-order valence-electron chi connectivity index (χ3n) is 5.22. The fourth-order valence-electron chi connectivity index (χ4n) is 3.27.